The van der Waals surface area contributed by atoms with Crippen molar-refractivity contribution in [2.45, 2.75) is 19.3 Å². The minimum Gasteiger partial charge on any atom is -0.507 e. The maximum absolute atomic E-state index is 10.3. The fraction of sp³-hybridized carbons (Fsp3) is 0.111. The molecule has 33 heavy (non-hydrogen) atoms. The molecule has 0 atom stereocenters. The van der Waals surface area contributed by atoms with E-state index in [0.717, 1.165) is 17.5 Å². The molecule has 4 aromatic carbocycles. The molecule has 0 aromatic heterocycles. The maximum Gasteiger partial charge on any atom is 0.123 e. The summed E-state index contributed by atoms with van der Waals surface area (Å²) in [5.41, 5.74) is 4.14. The number of hydrogen-bond donors (Lipinski definition) is 2. The van der Waals surface area contributed by atoms with Gasteiger partial charge >= 0.3 is 0 Å². The summed E-state index contributed by atoms with van der Waals surface area (Å²) in [5, 5.41) is 22.3. The van der Waals surface area contributed by atoms with Crippen molar-refractivity contribution in [1.82, 2.24) is 0 Å². The van der Waals surface area contributed by atoms with Crippen LogP contribution < -0.4 is 0 Å². The average molecular weight is 518 g/mol. The number of phenols is 2. The second-order valence-electron chi connectivity index (χ2n) is 7.71. The smallest absolute Gasteiger partial charge is 0.123 e. The summed E-state index contributed by atoms with van der Waals surface area (Å²) in [6.45, 7) is 2.06. The molecule has 6 heteroatoms. The minimum atomic E-state index is -0.0631. The lowest BCUT2D eigenvalue weighted by atomic mass is 9.87. The van der Waals surface area contributed by atoms with Crippen LogP contribution >= 0.6 is 46.4 Å². The van der Waals surface area contributed by atoms with Gasteiger partial charge < -0.3 is 10.2 Å². The monoisotopic (exact) mass is 516 g/mol. The summed E-state index contributed by atoms with van der Waals surface area (Å²) in [5.74, 6) is 0.158. The third-order valence-corrected chi connectivity index (χ3v) is 6.88. The Morgan fingerprint density at radius 1 is 0.606 bits per heavy atom. The molecule has 4 rings (SSSR count). The van der Waals surface area contributed by atoms with E-state index in [1.54, 1.807) is 36.4 Å². The standard InChI is InChI=1S/C27H20Cl4O2/c1-2-17(15-11-20(28)26(21(29)12-15)18-7-3-5-9-24(18)32)16-13-22(30)27(23(31)14-16)19-8-4-6-10-25(19)33/h3-14,17,32-33H,2H2,1H3. The molecule has 2 N–H and O–H groups in total. The molecule has 0 unspecified atom stereocenters. The first-order valence-electron chi connectivity index (χ1n) is 10.4. The van der Waals surface area contributed by atoms with Gasteiger partial charge in [0.2, 0.25) is 0 Å². The van der Waals surface area contributed by atoms with E-state index in [1.165, 1.54) is 0 Å². The van der Waals surface area contributed by atoms with Crippen LogP contribution in [0, 0.1) is 0 Å². The first kappa shape index (κ1) is 23.8. The number of halogens is 4. The molecule has 0 spiro atoms. The summed E-state index contributed by atoms with van der Waals surface area (Å²) < 4.78 is 0. The first-order chi connectivity index (χ1) is 15.8. The highest BCUT2D eigenvalue weighted by molar-refractivity contribution is 6.40. The van der Waals surface area contributed by atoms with Crippen molar-refractivity contribution < 1.29 is 10.2 Å². The molecule has 4 aromatic rings. The van der Waals surface area contributed by atoms with E-state index in [1.807, 2.05) is 36.4 Å². The fourth-order valence-corrected chi connectivity index (χ4v) is 5.55. The van der Waals surface area contributed by atoms with Crippen molar-refractivity contribution in [3.63, 3.8) is 0 Å². The molecule has 0 saturated carbocycles. The molecular weight excluding hydrogens is 498 g/mol. The van der Waals surface area contributed by atoms with E-state index in [2.05, 4.69) is 6.92 Å². The van der Waals surface area contributed by atoms with Crippen LogP contribution in [0.3, 0.4) is 0 Å². The van der Waals surface area contributed by atoms with Crippen LogP contribution in [0.25, 0.3) is 22.3 Å². The summed E-state index contributed by atoms with van der Waals surface area (Å²) in [4.78, 5) is 0. The zero-order valence-electron chi connectivity index (χ0n) is 17.6. The number of rotatable bonds is 5. The maximum atomic E-state index is 10.3. The van der Waals surface area contributed by atoms with Crippen molar-refractivity contribution in [2.75, 3.05) is 0 Å². The Bertz CT molecular complexity index is 1190. The van der Waals surface area contributed by atoms with Crippen LogP contribution in [0.5, 0.6) is 11.5 Å². The first-order valence-corrected chi connectivity index (χ1v) is 11.9. The van der Waals surface area contributed by atoms with Gasteiger partial charge in [-0.3, -0.25) is 0 Å². The van der Waals surface area contributed by atoms with Crippen LogP contribution in [-0.2, 0) is 0 Å². The number of aromatic hydroxyl groups is 2. The van der Waals surface area contributed by atoms with Crippen LogP contribution in [-0.4, -0.2) is 10.2 Å². The molecule has 0 saturated heterocycles. The summed E-state index contributed by atoms with van der Waals surface area (Å²) in [6, 6.07) is 21.3. The van der Waals surface area contributed by atoms with Gasteiger partial charge in [-0.25, -0.2) is 0 Å². The Kier molecular flexibility index (Phi) is 7.11. The lowest BCUT2D eigenvalue weighted by molar-refractivity contribution is 0.477. The Hall–Kier alpha value is -2.36. The summed E-state index contributed by atoms with van der Waals surface area (Å²) >= 11 is 26.6. The average Bonchev–Trinajstić information content (AvgIpc) is 2.76. The van der Waals surface area contributed by atoms with Gasteiger partial charge in [-0.05, 0) is 53.9 Å². The van der Waals surface area contributed by atoms with Crippen molar-refractivity contribution in [3.05, 3.63) is 104 Å². The molecular formula is C27H20Cl4O2. The highest BCUT2D eigenvalue weighted by Gasteiger charge is 2.21. The molecule has 0 aliphatic rings. The summed E-state index contributed by atoms with van der Waals surface area (Å²) in [7, 11) is 0. The lowest BCUT2D eigenvalue weighted by Gasteiger charge is -2.21. The molecule has 168 valence electrons. The molecule has 0 aliphatic carbocycles. The van der Waals surface area contributed by atoms with Gasteiger partial charge in [0, 0.05) is 28.2 Å². The Morgan fingerprint density at radius 3 is 1.24 bits per heavy atom. The number of benzene rings is 4. The predicted molar refractivity (Wildman–Crippen MR) is 139 cm³/mol. The minimum absolute atomic E-state index is 0.0631. The summed E-state index contributed by atoms with van der Waals surface area (Å²) in [6.07, 6.45) is 0.755. The fourth-order valence-electron chi connectivity index (χ4n) is 4.14. The quantitative estimate of drug-likeness (QED) is 0.276. The van der Waals surface area contributed by atoms with Crippen LogP contribution in [0.1, 0.15) is 30.4 Å². The second-order valence-corrected chi connectivity index (χ2v) is 9.34. The predicted octanol–water partition coefficient (Wildman–Crippen LogP) is 9.59. The van der Waals surface area contributed by atoms with E-state index < -0.39 is 0 Å². The van der Waals surface area contributed by atoms with E-state index in [4.69, 9.17) is 46.4 Å². The van der Waals surface area contributed by atoms with Gasteiger partial charge in [0.25, 0.3) is 0 Å². The van der Waals surface area contributed by atoms with Crippen LogP contribution in [0.4, 0.5) is 0 Å². The number of phenolic OH excluding ortho intramolecular Hbond substituents is 2. The third-order valence-electron chi connectivity index (χ3n) is 5.69. The van der Waals surface area contributed by atoms with E-state index in [0.29, 0.717) is 42.3 Å². The lowest BCUT2D eigenvalue weighted by Crippen LogP contribution is -2.02. The molecule has 2 nitrogen and oxygen atoms in total. The molecule has 0 fully saturated rings. The third kappa shape index (κ3) is 4.67. The largest absolute Gasteiger partial charge is 0.507 e. The van der Waals surface area contributed by atoms with Crippen LogP contribution in [0.2, 0.25) is 20.1 Å². The van der Waals surface area contributed by atoms with Gasteiger partial charge in [0.1, 0.15) is 11.5 Å². The van der Waals surface area contributed by atoms with Crippen LogP contribution in [0.15, 0.2) is 72.8 Å². The van der Waals surface area contributed by atoms with Gasteiger partial charge in [-0.15, -0.1) is 0 Å². The Labute approximate surface area is 212 Å². The van der Waals surface area contributed by atoms with Gasteiger partial charge in [0.15, 0.2) is 0 Å². The molecule has 0 amide bonds. The van der Waals surface area contributed by atoms with Crippen molar-refractivity contribution in [3.8, 4) is 33.8 Å². The SMILES string of the molecule is CCC(c1cc(Cl)c(-c2ccccc2O)c(Cl)c1)c1cc(Cl)c(-c2ccccc2O)c(Cl)c1. The highest BCUT2D eigenvalue weighted by atomic mass is 35.5. The zero-order valence-corrected chi connectivity index (χ0v) is 20.6. The second kappa shape index (κ2) is 9.87. The Morgan fingerprint density at radius 2 is 0.939 bits per heavy atom. The van der Waals surface area contributed by atoms with Gasteiger partial charge in [0.05, 0.1) is 20.1 Å². The number of hydrogen-bond acceptors (Lipinski definition) is 2. The van der Waals surface area contributed by atoms with Gasteiger partial charge in [-0.2, -0.15) is 0 Å². The zero-order chi connectivity index (χ0) is 23.7. The van der Waals surface area contributed by atoms with Crippen molar-refractivity contribution >= 4 is 46.4 Å². The van der Waals surface area contributed by atoms with E-state index in [-0.39, 0.29) is 17.4 Å². The van der Waals surface area contributed by atoms with Crippen molar-refractivity contribution in [2.24, 2.45) is 0 Å². The van der Waals surface area contributed by atoms with Gasteiger partial charge in [-0.1, -0.05) is 89.7 Å². The Balaban J connectivity index is 1.78. The highest BCUT2D eigenvalue weighted by Crippen LogP contribution is 2.45. The molecule has 0 bridgehead atoms. The van der Waals surface area contributed by atoms with E-state index in [9.17, 15) is 10.2 Å². The van der Waals surface area contributed by atoms with Crippen molar-refractivity contribution in [1.29, 1.82) is 0 Å². The normalized spacial score (nSPS) is 11.2. The molecule has 0 aliphatic heterocycles. The molecule has 0 heterocycles. The number of para-hydroxylation sites is 2. The topological polar surface area (TPSA) is 40.5 Å². The molecule has 0 radical (unpaired) electrons. The van der Waals surface area contributed by atoms with E-state index >= 15 is 0 Å².